The Morgan fingerprint density at radius 2 is 2.06 bits per heavy atom. The molecular weight excluding hydrogens is 232 g/mol. The monoisotopic (exact) mass is 258 g/mol. The second-order valence-electron chi connectivity index (χ2n) is 4.94. The topological polar surface area (TPSA) is 64.8 Å². The van der Waals surface area contributed by atoms with Gasteiger partial charge < -0.3 is 20.1 Å². The number of amides is 1. The summed E-state index contributed by atoms with van der Waals surface area (Å²) in [6.07, 6.45) is 2.70. The minimum absolute atomic E-state index is 0.0878. The Labute approximate surface area is 110 Å². The van der Waals surface area contributed by atoms with Crippen molar-refractivity contribution in [1.82, 2.24) is 4.90 Å². The summed E-state index contributed by atoms with van der Waals surface area (Å²) in [5, 5.41) is 0. The lowest BCUT2D eigenvalue weighted by Crippen LogP contribution is -2.51. The van der Waals surface area contributed by atoms with E-state index in [1.54, 1.807) is 7.11 Å². The van der Waals surface area contributed by atoms with E-state index in [9.17, 15) is 4.79 Å². The summed E-state index contributed by atoms with van der Waals surface area (Å²) in [5.41, 5.74) is 4.72. The van der Waals surface area contributed by atoms with Crippen LogP contribution in [0.4, 0.5) is 0 Å². The Morgan fingerprint density at radius 3 is 2.50 bits per heavy atom. The van der Waals surface area contributed by atoms with Crippen molar-refractivity contribution < 1.29 is 14.3 Å². The van der Waals surface area contributed by atoms with Gasteiger partial charge >= 0.3 is 0 Å². The number of methoxy groups -OCH3 is 1. The summed E-state index contributed by atoms with van der Waals surface area (Å²) in [6.45, 7) is 6.46. The molecule has 1 aliphatic heterocycles. The molecule has 1 amide bonds. The van der Waals surface area contributed by atoms with Crippen LogP contribution in [0.15, 0.2) is 0 Å². The highest BCUT2D eigenvalue weighted by Gasteiger charge is 2.36. The number of piperidine rings is 1. The number of likely N-dealkylation sites (tertiary alicyclic amines) is 1. The van der Waals surface area contributed by atoms with Gasteiger partial charge in [0.15, 0.2) is 0 Å². The molecule has 1 unspecified atom stereocenters. The van der Waals surface area contributed by atoms with Crippen molar-refractivity contribution in [3.63, 3.8) is 0 Å². The van der Waals surface area contributed by atoms with Crippen molar-refractivity contribution in [3.8, 4) is 0 Å². The third kappa shape index (κ3) is 3.67. The van der Waals surface area contributed by atoms with Gasteiger partial charge in [0, 0.05) is 26.7 Å². The molecule has 0 aromatic heterocycles. The predicted molar refractivity (Wildman–Crippen MR) is 70.3 cm³/mol. The van der Waals surface area contributed by atoms with Gasteiger partial charge in [-0.05, 0) is 26.2 Å². The molecule has 0 spiro atoms. The zero-order chi connectivity index (χ0) is 13.6. The van der Waals surface area contributed by atoms with Crippen LogP contribution >= 0.6 is 0 Å². The van der Waals surface area contributed by atoms with Crippen LogP contribution in [0.5, 0.6) is 0 Å². The van der Waals surface area contributed by atoms with Gasteiger partial charge in [0.1, 0.15) is 5.60 Å². The number of hydrogen-bond donors (Lipinski definition) is 1. The van der Waals surface area contributed by atoms with Crippen LogP contribution in [0.25, 0.3) is 0 Å². The summed E-state index contributed by atoms with van der Waals surface area (Å²) in [5.74, 6) is 0.0878. The number of carbonyl (C=O) groups excluding carboxylic acids is 1. The van der Waals surface area contributed by atoms with Gasteiger partial charge in [-0.3, -0.25) is 4.79 Å². The van der Waals surface area contributed by atoms with Crippen LogP contribution in [-0.4, -0.2) is 55.9 Å². The highest BCUT2D eigenvalue weighted by molar-refractivity contribution is 5.84. The maximum atomic E-state index is 12.3. The second-order valence-corrected chi connectivity index (χ2v) is 4.94. The molecule has 5 heteroatoms. The lowest BCUT2D eigenvalue weighted by Gasteiger charge is -2.37. The Balaban J connectivity index is 2.45. The largest absolute Gasteiger partial charge is 0.377 e. The summed E-state index contributed by atoms with van der Waals surface area (Å²) in [7, 11) is 1.60. The number of nitrogens with two attached hydrogens (primary N) is 1. The first-order chi connectivity index (χ1) is 8.57. The SMILES string of the molecule is CCC(C)(OC)C(=O)N1CCC(OCCN)CC1. The average Bonchev–Trinajstić information content (AvgIpc) is 2.44. The van der Waals surface area contributed by atoms with E-state index in [0.29, 0.717) is 19.6 Å². The first kappa shape index (κ1) is 15.4. The number of ether oxygens (including phenoxy) is 2. The fraction of sp³-hybridized carbons (Fsp3) is 0.923. The number of carbonyl (C=O) groups is 1. The van der Waals surface area contributed by atoms with Gasteiger partial charge in [0.05, 0.1) is 12.7 Å². The predicted octanol–water partition coefficient (Wildman–Crippen LogP) is 0.768. The molecule has 0 saturated carbocycles. The summed E-state index contributed by atoms with van der Waals surface area (Å²) in [6, 6.07) is 0. The molecule has 1 fully saturated rings. The molecule has 1 saturated heterocycles. The molecule has 5 nitrogen and oxygen atoms in total. The number of hydrogen-bond acceptors (Lipinski definition) is 4. The lowest BCUT2D eigenvalue weighted by atomic mass is 9.99. The van der Waals surface area contributed by atoms with Gasteiger partial charge in [0.25, 0.3) is 5.91 Å². The number of nitrogens with zero attached hydrogens (tertiary/aromatic N) is 1. The third-order valence-electron chi connectivity index (χ3n) is 3.78. The zero-order valence-corrected chi connectivity index (χ0v) is 11.8. The molecule has 106 valence electrons. The van der Waals surface area contributed by atoms with E-state index in [0.717, 1.165) is 25.9 Å². The molecule has 1 aliphatic rings. The Bertz CT molecular complexity index is 259. The van der Waals surface area contributed by atoms with Crippen LogP contribution in [0, 0.1) is 0 Å². The van der Waals surface area contributed by atoms with E-state index in [2.05, 4.69) is 0 Å². The maximum Gasteiger partial charge on any atom is 0.254 e. The molecule has 0 aliphatic carbocycles. The highest BCUT2D eigenvalue weighted by atomic mass is 16.5. The lowest BCUT2D eigenvalue weighted by molar-refractivity contribution is -0.155. The van der Waals surface area contributed by atoms with Gasteiger partial charge in [-0.1, -0.05) is 6.92 Å². The molecule has 1 atom stereocenters. The molecule has 0 aromatic carbocycles. The van der Waals surface area contributed by atoms with Crippen LogP contribution in [-0.2, 0) is 14.3 Å². The standard InChI is InChI=1S/C13H26N2O3/c1-4-13(2,17-3)12(16)15-8-5-11(6-9-15)18-10-7-14/h11H,4-10,14H2,1-3H3. The maximum absolute atomic E-state index is 12.3. The molecule has 1 heterocycles. The van der Waals surface area contributed by atoms with Crippen molar-refractivity contribution >= 4 is 5.91 Å². The molecule has 0 aromatic rings. The van der Waals surface area contributed by atoms with E-state index in [-0.39, 0.29) is 12.0 Å². The van der Waals surface area contributed by atoms with Gasteiger partial charge in [-0.25, -0.2) is 0 Å². The normalized spacial score (nSPS) is 20.8. The molecule has 2 N–H and O–H groups in total. The van der Waals surface area contributed by atoms with Crippen molar-refractivity contribution in [2.45, 2.75) is 44.8 Å². The second kappa shape index (κ2) is 7.07. The summed E-state index contributed by atoms with van der Waals surface area (Å²) in [4.78, 5) is 14.2. The van der Waals surface area contributed by atoms with Crippen molar-refractivity contribution in [3.05, 3.63) is 0 Å². The summed E-state index contributed by atoms with van der Waals surface area (Å²) >= 11 is 0. The quantitative estimate of drug-likeness (QED) is 0.764. The van der Waals surface area contributed by atoms with Gasteiger partial charge in [0.2, 0.25) is 0 Å². The molecule has 0 radical (unpaired) electrons. The van der Waals surface area contributed by atoms with Crippen molar-refractivity contribution in [2.75, 3.05) is 33.4 Å². The van der Waals surface area contributed by atoms with E-state index < -0.39 is 5.60 Å². The number of rotatable bonds is 6. The minimum Gasteiger partial charge on any atom is -0.377 e. The smallest absolute Gasteiger partial charge is 0.254 e. The van der Waals surface area contributed by atoms with E-state index in [1.807, 2.05) is 18.7 Å². The molecular formula is C13H26N2O3. The Morgan fingerprint density at radius 1 is 1.44 bits per heavy atom. The average molecular weight is 258 g/mol. The van der Waals surface area contributed by atoms with Gasteiger partial charge in [-0.2, -0.15) is 0 Å². The Hall–Kier alpha value is -0.650. The van der Waals surface area contributed by atoms with Crippen molar-refractivity contribution in [2.24, 2.45) is 5.73 Å². The van der Waals surface area contributed by atoms with Crippen LogP contribution in [0.1, 0.15) is 33.1 Å². The van der Waals surface area contributed by atoms with Crippen LogP contribution < -0.4 is 5.73 Å². The summed E-state index contributed by atoms with van der Waals surface area (Å²) < 4.78 is 11.0. The van der Waals surface area contributed by atoms with E-state index >= 15 is 0 Å². The van der Waals surface area contributed by atoms with Crippen molar-refractivity contribution in [1.29, 1.82) is 0 Å². The molecule has 18 heavy (non-hydrogen) atoms. The van der Waals surface area contributed by atoms with E-state index in [1.165, 1.54) is 0 Å². The first-order valence-electron chi connectivity index (χ1n) is 6.73. The fourth-order valence-electron chi connectivity index (χ4n) is 2.18. The highest BCUT2D eigenvalue weighted by Crippen LogP contribution is 2.21. The van der Waals surface area contributed by atoms with Gasteiger partial charge in [-0.15, -0.1) is 0 Å². The van der Waals surface area contributed by atoms with Crippen LogP contribution in [0.3, 0.4) is 0 Å². The molecule has 1 rings (SSSR count). The minimum atomic E-state index is -0.690. The van der Waals surface area contributed by atoms with Crippen LogP contribution in [0.2, 0.25) is 0 Å². The molecule has 0 bridgehead atoms. The van der Waals surface area contributed by atoms with E-state index in [4.69, 9.17) is 15.2 Å². The first-order valence-corrected chi connectivity index (χ1v) is 6.73. The third-order valence-corrected chi connectivity index (χ3v) is 3.78. The zero-order valence-electron chi connectivity index (χ0n) is 11.8. The Kier molecular flexibility index (Phi) is 6.05. The fourth-order valence-corrected chi connectivity index (χ4v) is 2.18.